The van der Waals surface area contributed by atoms with Crippen LogP contribution in [0.15, 0.2) is 0 Å². The predicted molar refractivity (Wildman–Crippen MR) is 59.6 cm³/mol. The van der Waals surface area contributed by atoms with E-state index in [0.717, 1.165) is 31.3 Å². The zero-order valence-corrected chi connectivity index (χ0v) is 9.69. The van der Waals surface area contributed by atoms with Crippen molar-refractivity contribution in [3.63, 3.8) is 0 Å². The Hall–Kier alpha value is 0.270. The first-order valence-corrected chi connectivity index (χ1v) is 5.67. The van der Waals surface area contributed by atoms with Crippen molar-refractivity contribution in [1.82, 2.24) is 0 Å². The molecular weight excluding hydrogens is 184 g/mol. The van der Waals surface area contributed by atoms with Gasteiger partial charge in [0.05, 0.1) is 19.8 Å². The molecular formula is C10H22O2S. The van der Waals surface area contributed by atoms with Crippen molar-refractivity contribution in [2.24, 2.45) is 5.92 Å². The molecule has 13 heavy (non-hydrogen) atoms. The van der Waals surface area contributed by atoms with Crippen molar-refractivity contribution in [3.8, 4) is 0 Å². The average Bonchev–Trinajstić information content (AvgIpc) is 2.09. The van der Waals surface area contributed by atoms with E-state index in [-0.39, 0.29) is 0 Å². The molecule has 2 nitrogen and oxygen atoms in total. The summed E-state index contributed by atoms with van der Waals surface area (Å²) in [6, 6.07) is 0. The Kier molecular flexibility index (Phi) is 10.6. The van der Waals surface area contributed by atoms with E-state index in [0.29, 0.717) is 13.2 Å². The van der Waals surface area contributed by atoms with Crippen molar-refractivity contribution in [1.29, 1.82) is 0 Å². The van der Waals surface area contributed by atoms with E-state index in [2.05, 4.69) is 26.5 Å². The molecule has 0 amide bonds. The van der Waals surface area contributed by atoms with E-state index in [1.165, 1.54) is 6.42 Å². The Morgan fingerprint density at radius 1 is 1.00 bits per heavy atom. The van der Waals surface area contributed by atoms with E-state index in [1.54, 1.807) is 0 Å². The largest absolute Gasteiger partial charge is 0.379 e. The molecule has 0 unspecified atom stereocenters. The molecule has 0 saturated heterocycles. The lowest BCUT2D eigenvalue weighted by molar-refractivity contribution is 0.0516. The summed E-state index contributed by atoms with van der Waals surface area (Å²) in [6.07, 6.45) is 2.40. The minimum atomic E-state index is 0.697. The maximum absolute atomic E-state index is 5.38. The highest BCUT2D eigenvalue weighted by atomic mass is 32.1. The van der Waals surface area contributed by atoms with Crippen LogP contribution in [-0.4, -0.2) is 32.2 Å². The van der Waals surface area contributed by atoms with Gasteiger partial charge in [0.2, 0.25) is 0 Å². The van der Waals surface area contributed by atoms with Gasteiger partial charge in [-0.25, -0.2) is 0 Å². The van der Waals surface area contributed by atoms with Gasteiger partial charge in [0.1, 0.15) is 0 Å². The predicted octanol–water partition coefficient (Wildman–Crippen LogP) is 2.39. The number of ether oxygens (including phenoxy) is 2. The molecule has 0 heterocycles. The molecule has 0 N–H and O–H groups in total. The van der Waals surface area contributed by atoms with Crippen LogP contribution < -0.4 is 0 Å². The van der Waals surface area contributed by atoms with Gasteiger partial charge >= 0.3 is 0 Å². The van der Waals surface area contributed by atoms with Crippen LogP contribution in [0.3, 0.4) is 0 Å². The third-order valence-electron chi connectivity index (χ3n) is 1.68. The Morgan fingerprint density at radius 3 is 2.15 bits per heavy atom. The molecule has 0 aromatic carbocycles. The van der Waals surface area contributed by atoms with Crippen LogP contribution in [0.25, 0.3) is 0 Å². The third-order valence-corrected chi connectivity index (χ3v) is 1.86. The van der Waals surface area contributed by atoms with E-state index in [9.17, 15) is 0 Å². The molecule has 0 radical (unpaired) electrons. The smallest absolute Gasteiger partial charge is 0.0700 e. The van der Waals surface area contributed by atoms with Crippen LogP contribution in [0, 0.1) is 5.92 Å². The first-order valence-electron chi connectivity index (χ1n) is 5.03. The minimum absolute atomic E-state index is 0.697. The maximum Gasteiger partial charge on any atom is 0.0700 e. The third kappa shape index (κ3) is 12.3. The molecule has 0 bridgehead atoms. The molecule has 0 rings (SSSR count). The van der Waals surface area contributed by atoms with Crippen LogP contribution in [0.5, 0.6) is 0 Å². The lowest BCUT2D eigenvalue weighted by Gasteiger charge is -2.06. The Bertz CT molecular complexity index is 96.9. The van der Waals surface area contributed by atoms with Gasteiger partial charge in [-0.15, -0.1) is 0 Å². The fourth-order valence-corrected chi connectivity index (χ4v) is 1.11. The van der Waals surface area contributed by atoms with Crippen molar-refractivity contribution >= 4 is 12.6 Å². The topological polar surface area (TPSA) is 18.5 Å². The van der Waals surface area contributed by atoms with Crippen LogP contribution in [-0.2, 0) is 9.47 Å². The van der Waals surface area contributed by atoms with Gasteiger partial charge < -0.3 is 9.47 Å². The van der Waals surface area contributed by atoms with Gasteiger partial charge in [0, 0.05) is 12.4 Å². The van der Waals surface area contributed by atoms with Gasteiger partial charge in [-0.2, -0.15) is 12.6 Å². The second-order valence-corrected chi connectivity index (χ2v) is 3.93. The molecule has 0 spiro atoms. The summed E-state index contributed by atoms with van der Waals surface area (Å²) in [6.45, 7) is 7.46. The van der Waals surface area contributed by atoms with Crippen molar-refractivity contribution < 1.29 is 9.47 Å². The highest BCUT2D eigenvalue weighted by molar-refractivity contribution is 7.80. The Labute approximate surface area is 87.4 Å². The van der Waals surface area contributed by atoms with Crippen molar-refractivity contribution in [3.05, 3.63) is 0 Å². The van der Waals surface area contributed by atoms with Crippen LogP contribution in [0.2, 0.25) is 0 Å². The summed E-state index contributed by atoms with van der Waals surface area (Å²) < 4.78 is 10.6. The number of hydrogen-bond acceptors (Lipinski definition) is 3. The van der Waals surface area contributed by atoms with Crippen molar-refractivity contribution in [2.75, 3.05) is 32.2 Å². The van der Waals surface area contributed by atoms with Crippen LogP contribution in [0.4, 0.5) is 0 Å². The highest BCUT2D eigenvalue weighted by Crippen LogP contribution is 2.02. The molecule has 0 fully saturated rings. The van der Waals surface area contributed by atoms with Gasteiger partial charge in [0.25, 0.3) is 0 Å². The summed E-state index contributed by atoms with van der Waals surface area (Å²) in [4.78, 5) is 0. The molecule has 0 aliphatic rings. The minimum Gasteiger partial charge on any atom is -0.379 e. The number of thiol groups is 1. The molecule has 0 aliphatic carbocycles. The summed E-state index contributed by atoms with van der Waals surface area (Å²) in [5.41, 5.74) is 0. The van der Waals surface area contributed by atoms with Gasteiger partial charge in [-0.05, 0) is 18.8 Å². The van der Waals surface area contributed by atoms with Crippen LogP contribution in [0.1, 0.15) is 26.7 Å². The van der Waals surface area contributed by atoms with E-state index in [4.69, 9.17) is 9.47 Å². The quantitative estimate of drug-likeness (QED) is 0.461. The SMILES string of the molecule is CC(C)CCCOCCOCCS. The van der Waals surface area contributed by atoms with Gasteiger partial charge in [0.15, 0.2) is 0 Å². The van der Waals surface area contributed by atoms with E-state index in [1.807, 2.05) is 0 Å². The fraction of sp³-hybridized carbons (Fsp3) is 1.00. The summed E-state index contributed by atoms with van der Waals surface area (Å²) in [7, 11) is 0. The van der Waals surface area contributed by atoms with E-state index < -0.39 is 0 Å². The van der Waals surface area contributed by atoms with Crippen LogP contribution >= 0.6 is 12.6 Å². The monoisotopic (exact) mass is 206 g/mol. The lowest BCUT2D eigenvalue weighted by Crippen LogP contribution is -2.07. The zero-order valence-electron chi connectivity index (χ0n) is 8.79. The first-order chi connectivity index (χ1) is 6.27. The summed E-state index contributed by atoms with van der Waals surface area (Å²) >= 11 is 4.04. The lowest BCUT2D eigenvalue weighted by atomic mass is 10.1. The second kappa shape index (κ2) is 10.4. The van der Waals surface area contributed by atoms with Gasteiger partial charge in [-0.3, -0.25) is 0 Å². The molecule has 0 atom stereocenters. The Morgan fingerprint density at radius 2 is 1.62 bits per heavy atom. The molecule has 3 heteroatoms. The maximum atomic E-state index is 5.38. The Balaban J connectivity index is 2.84. The normalized spacial score (nSPS) is 11.1. The molecule has 0 aromatic heterocycles. The number of hydrogen-bond donors (Lipinski definition) is 1. The van der Waals surface area contributed by atoms with Gasteiger partial charge in [-0.1, -0.05) is 13.8 Å². The molecule has 80 valence electrons. The van der Waals surface area contributed by atoms with E-state index >= 15 is 0 Å². The summed E-state index contributed by atoms with van der Waals surface area (Å²) in [5.74, 6) is 1.57. The molecule has 0 aliphatic heterocycles. The number of rotatable bonds is 9. The fourth-order valence-electron chi connectivity index (χ4n) is 0.980. The average molecular weight is 206 g/mol. The standard InChI is InChI=1S/C10H22O2S/c1-10(2)4-3-5-11-6-7-12-8-9-13/h10,13H,3-9H2,1-2H3. The first kappa shape index (κ1) is 13.3. The summed E-state index contributed by atoms with van der Waals surface area (Å²) in [5, 5.41) is 0. The molecule has 0 saturated carbocycles. The van der Waals surface area contributed by atoms with Crippen molar-refractivity contribution in [2.45, 2.75) is 26.7 Å². The molecule has 0 aromatic rings. The highest BCUT2D eigenvalue weighted by Gasteiger charge is 1.93. The zero-order chi connectivity index (χ0) is 9.94. The second-order valence-electron chi connectivity index (χ2n) is 3.48.